The Morgan fingerprint density at radius 3 is 2.47 bits per heavy atom. The Labute approximate surface area is 112 Å². The number of carbonyl (C=O) groups excluding carboxylic acids is 2. The fourth-order valence-electron chi connectivity index (χ4n) is 1.63. The minimum absolute atomic E-state index is 0.151. The van der Waals surface area contributed by atoms with E-state index in [-0.39, 0.29) is 18.8 Å². The van der Waals surface area contributed by atoms with Gasteiger partial charge in [0.1, 0.15) is 5.78 Å². The van der Waals surface area contributed by atoms with Crippen molar-refractivity contribution < 1.29 is 19.4 Å². The molecule has 0 aromatic heterocycles. The van der Waals surface area contributed by atoms with Crippen molar-refractivity contribution in [2.45, 2.75) is 25.9 Å². The van der Waals surface area contributed by atoms with Crippen molar-refractivity contribution in [3.8, 4) is 0 Å². The van der Waals surface area contributed by atoms with Crippen LogP contribution in [0.25, 0.3) is 6.08 Å². The fraction of sp³-hybridized carbons (Fsp3) is 0.333. The first-order valence-electron chi connectivity index (χ1n) is 6.11. The second-order valence-electron chi connectivity index (χ2n) is 4.27. The maximum atomic E-state index is 11.7. The molecule has 0 radical (unpaired) electrons. The van der Waals surface area contributed by atoms with Crippen molar-refractivity contribution in [2.24, 2.45) is 0 Å². The molecule has 4 nitrogen and oxygen atoms in total. The summed E-state index contributed by atoms with van der Waals surface area (Å²) >= 11 is 0. The predicted octanol–water partition coefficient (Wildman–Crippen LogP) is 1.97. The lowest BCUT2D eigenvalue weighted by Gasteiger charge is -2.20. The van der Waals surface area contributed by atoms with E-state index in [2.05, 4.69) is 0 Å². The number of benzene rings is 1. The molecule has 0 fully saturated rings. The Morgan fingerprint density at radius 2 is 1.95 bits per heavy atom. The summed E-state index contributed by atoms with van der Waals surface area (Å²) in [6.45, 7) is 3.12. The molecule has 0 saturated carbocycles. The molecule has 0 bridgehead atoms. The Balaban J connectivity index is 2.94. The summed E-state index contributed by atoms with van der Waals surface area (Å²) in [6.07, 6.45) is 2.61. The molecule has 0 aliphatic carbocycles. The number of hydrogen-bond acceptors (Lipinski definition) is 4. The minimum Gasteiger partial charge on any atom is -0.464 e. The van der Waals surface area contributed by atoms with Gasteiger partial charge in [-0.2, -0.15) is 0 Å². The van der Waals surface area contributed by atoms with Gasteiger partial charge in [-0.15, -0.1) is 0 Å². The second-order valence-corrected chi connectivity index (χ2v) is 4.27. The molecule has 0 aliphatic heterocycles. The van der Waals surface area contributed by atoms with E-state index in [9.17, 15) is 14.7 Å². The quantitative estimate of drug-likeness (QED) is 0.796. The molecule has 1 aromatic rings. The Morgan fingerprint density at radius 1 is 1.32 bits per heavy atom. The summed E-state index contributed by atoms with van der Waals surface area (Å²) in [5.41, 5.74) is -1.08. The van der Waals surface area contributed by atoms with Gasteiger partial charge in [0.05, 0.1) is 6.61 Å². The summed E-state index contributed by atoms with van der Waals surface area (Å²) < 4.78 is 4.80. The van der Waals surface area contributed by atoms with Gasteiger partial charge in [0.2, 0.25) is 0 Å². The van der Waals surface area contributed by atoms with Crippen molar-refractivity contribution in [1.29, 1.82) is 0 Å². The normalized spacial score (nSPS) is 14.1. The number of esters is 1. The van der Waals surface area contributed by atoms with E-state index < -0.39 is 11.6 Å². The van der Waals surface area contributed by atoms with Crippen molar-refractivity contribution in [1.82, 2.24) is 0 Å². The van der Waals surface area contributed by atoms with Crippen LogP contribution in [-0.4, -0.2) is 29.1 Å². The van der Waals surface area contributed by atoms with E-state index in [1.165, 1.54) is 13.0 Å². The SMILES string of the molecule is CCOC(=O)C(O)(C=Cc1ccccc1)CC(C)=O. The smallest absolute Gasteiger partial charge is 0.342 e. The first kappa shape index (κ1) is 15.1. The number of carbonyl (C=O) groups is 2. The molecule has 0 amide bonds. The van der Waals surface area contributed by atoms with Crippen LogP contribution >= 0.6 is 0 Å². The van der Waals surface area contributed by atoms with E-state index in [0.29, 0.717) is 0 Å². The number of aliphatic hydroxyl groups is 1. The first-order valence-corrected chi connectivity index (χ1v) is 6.11. The van der Waals surface area contributed by atoms with Crippen molar-refractivity contribution in [3.05, 3.63) is 42.0 Å². The van der Waals surface area contributed by atoms with Crippen LogP contribution in [0.3, 0.4) is 0 Å². The standard InChI is InChI=1S/C15H18O4/c1-3-19-14(17)15(18,11-12(2)16)10-9-13-7-5-4-6-8-13/h4-10,18H,3,11H2,1-2H3. The highest BCUT2D eigenvalue weighted by Gasteiger charge is 2.36. The summed E-state index contributed by atoms with van der Waals surface area (Å²) in [6, 6.07) is 9.21. The van der Waals surface area contributed by atoms with Gasteiger partial charge >= 0.3 is 5.97 Å². The van der Waals surface area contributed by atoms with Crippen LogP contribution in [0.4, 0.5) is 0 Å². The molecule has 1 N–H and O–H groups in total. The molecule has 0 aliphatic rings. The van der Waals surface area contributed by atoms with E-state index >= 15 is 0 Å². The van der Waals surface area contributed by atoms with Gasteiger partial charge in [0, 0.05) is 6.42 Å². The number of rotatable bonds is 6. The summed E-state index contributed by atoms with van der Waals surface area (Å²) in [5.74, 6) is -1.09. The van der Waals surface area contributed by atoms with Crippen molar-refractivity contribution in [3.63, 3.8) is 0 Å². The molecule has 0 saturated heterocycles. The van der Waals surface area contributed by atoms with Gasteiger partial charge in [-0.05, 0) is 25.5 Å². The maximum Gasteiger partial charge on any atom is 0.342 e. The lowest BCUT2D eigenvalue weighted by Crippen LogP contribution is -2.39. The molecular weight excluding hydrogens is 244 g/mol. The van der Waals surface area contributed by atoms with Crippen LogP contribution in [0.1, 0.15) is 25.8 Å². The predicted molar refractivity (Wildman–Crippen MR) is 72.4 cm³/mol. The Hall–Kier alpha value is -1.94. The van der Waals surface area contributed by atoms with Gasteiger partial charge in [-0.25, -0.2) is 4.79 Å². The highest BCUT2D eigenvalue weighted by Crippen LogP contribution is 2.17. The van der Waals surface area contributed by atoms with E-state index in [0.717, 1.165) is 5.56 Å². The zero-order chi connectivity index (χ0) is 14.3. The molecule has 1 atom stereocenters. The summed E-state index contributed by atoms with van der Waals surface area (Å²) in [4.78, 5) is 22.9. The van der Waals surface area contributed by atoms with Gasteiger partial charge < -0.3 is 9.84 Å². The Kier molecular flexibility index (Phi) is 5.45. The van der Waals surface area contributed by atoms with Crippen molar-refractivity contribution >= 4 is 17.8 Å². The molecule has 102 valence electrons. The van der Waals surface area contributed by atoms with Crippen LogP contribution in [0.2, 0.25) is 0 Å². The van der Waals surface area contributed by atoms with Gasteiger partial charge in [-0.1, -0.05) is 36.4 Å². The van der Waals surface area contributed by atoms with Crippen LogP contribution in [0.15, 0.2) is 36.4 Å². The second kappa shape index (κ2) is 6.85. The minimum atomic E-state index is -1.91. The molecule has 4 heteroatoms. The number of hydrogen-bond donors (Lipinski definition) is 1. The fourth-order valence-corrected chi connectivity index (χ4v) is 1.63. The van der Waals surface area contributed by atoms with Crippen LogP contribution in [0.5, 0.6) is 0 Å². The lowest BCUT2D eigenvalue weighted by atomic mass is 9.96. The molecule has 1 unspecified atom stereocenters. The zero-order valence-electron chi connectivity index (χ0n) is 11.1. The van der Waals surface area contributed by atoms with Gasteiger partial charge in [-0.3, -0.25) is 4.79 Å². The zero-order valence-corrected chi connectivity index (χ0v) is 11.1. The van der Waals surface area contributed by atoms with Gasteiger partial charge in [0.25, 0.3) is 0 Å². The molecule has 1 rings (SSSR count). The first-order chi connectivity index (χ1) is 8.98. The highest BCUT2D eigenvalue weighted by atomic mass is 16.5. The highest BCUT2D eigenvalue weighted by molar-refractivity contribution is 5.90. The monoisotopic (exact) mass is 262 g/mol. The molecular formula is C15H18O4. The van der Waals surface area contributed by atoms with Crippen molar-refractivity contribution in [2.75, 3.05) is 6.61 Å². The topological polar surface area (TPSA) is 63.6 Å². The van der Waals surface area contributed by atoms with Gasteiger partial charge in [0.15, 0.2) is 5.60 Å². The third-order valence-electron chi connectivity index (χ3n) is 2.50. The molecule has 19 heavy (non-hydrogen) atoms. The summed E-state index contributed by atoms with van der Waals surface area (Å²) in [7, 11) is 0. The molecule has 0 heterocycles. The van der Waals surface area contributed by atoms with Crippen LogP contribution in [-0.2, 0) is 14.3 Å². The lowest BCUT2D eigenvalue weighted by molar-refractivity contribution is -0.161. The molecule has 1 aromatic carbocycles. The average Bonchev–Trinajstić information content (AvgIpc) is 2.37. The number of Topliss-reactive ketones (excluding diaryl/α,β-unsaturated/α-hetero) is 1. The third-order valence-corrected chi connectivity index (χ3v) is 2.50. The Bertz CT molecular complexity index is 464. The van der Waals surface area contributed by atoms with Crippen LogP contribution in [0, 0.1) is 0 Å². The van der Waals surface area contributed by atoms with E-state index in [4.69, 9.17) is 4.74 Å². The third kappa shape index (κ3) is 4.67. The van der Waals surface area contributed by atoms with E-state index in [1.807, 2.05) is 30.3 Å². The molecule has 0 spiro atoms. The largest absolute Gasteiger partial charge is 0.464 e. The number of ketones is 1. The number of ether oxygens (including phenoxy) is 1. The van der Waals surface area contributed by atoms with Crippen LogP contribution < -0.4 is 0 Å². The van der Waals surface area contributed by atoms with E-state index in [1.54, 1.807) is 13.0 Å². The maximum absolute atomic E-state index is 11.7. The average molecular weight is 262 g/mol. The summed E-state index contributed by atoms with van der Waals surface area (Å²) in [5, 5.41) is 10.3.